The first-order valence-electron chi connectivity index (χ1n) is 7.72. The standard InChI is InChI=1S/C18H20N2O2S/c1-11-3-4-13(9-12(11)2)10-20(14-5-6-14)18(22)16-8-7-15(23-16)17(19)21/h3-4,7-9,14H,5-6,10H2,1-2H3,(H2,19,21). The van der Waals surface area contributed by atoms with Gasteiger partial charge >= 0.3 is 0 Å². The van der Waals surface area contributed by atoms with Crippen LogP contribution in [-0.4, -0.2) is 22.8 Å². The molecule has 2 amide bonds. The largest absolute Gasteiger partial charge is 0.365 e. The van der Waals surface area contributed by atoms with Gasteiger partial charge < -0.3 is 10.6 Å². The predicted molar refractivity (Wildman–Crippen MR) is 91.6 cm³/mol. The van der Waals surface area contributed by atoms with Gasteiger partial charge in [-0.05, 0) is 55.5 Å². The molecule has 0 spiro atoms. The van der Waals surface area contributed by atoms with E-state index in [2.05, 4.69) is 32.0 Å². The molecule has 0 aliphatic heterocycles. The average molecular weight is 328 g/mol. The highest BCUT2D eigenvalue weighted by Gasteiger charge is 2.33. The molecule has 120 valence electrons. The molecule has 0 saturated heterocycles. The van der Waals surface area contributed by atoms with Gasteiger partial charge in [0, 0.05) is 12.6 Å². The monoisotopic (exact) mass is 328 g/mol. The first-order valence-corrected chi connectivity index (χ1v) is 8.54. The number of hydrogen-bond acceptors (Lipinski definition) is 3. The molecule has 3 rings (SSSR count). The third-order valence-electron chi connectivity index (χ3n) is 4.23. The molecule has 0 bridgehead atoms. The van der Waals surface area contributed by atoms with E-state index in [4.69, 9.17) is 5.73 Å². The number of thiophene rings is 1. The van der Waals surface area contributed by atoms with E-state index in [9.17, 15) is 9.59 Å². The lowest BCUT2D eigenvalue weighted by Crippen LogP contribution is -2.32. The molecule has 1 fully saturated rings. The number of primary amides is 1. The van der Waals surface area contributed by atoms with E-state index in [1.807, 2.05) is 4.90 Å². The van der Waals surface area contributed by atoms with E-state index in [1.54, 1.807) is 12.1 Å². The Morgan fingerprint density at radius 1 is 1.13 bits per heavy atom. The normalized spacial score (nSPS) is 13.8. The third kappa shape index (κ3) is 3.45. The van der Waals surface area contributed by atoms with Gasteiger partial charge in [0.2, 0.25) is 0 Å². The molecule has 1 aromatic carbocycles. The molecular formula is C18H20N2O2S. The number of nitrogens with two attached hydrogens (primary N) is 1. The molecule has 2 aromatic rings. The van der Waals surface area contributed by atoms with E-state index in [-0.39, 0.29) is 5.91 Å². The van der Waals surface area contributed by atoms with Crippen LogP contribution in [0.1, 0.15) is 48.9 Å². The summed E-state index contributed by atoms with van der Waals surface area (Å²) >= 11 is 1.17. The minimum Gasteiger partial charge on any atom is -0.365 e. The van der Waals surface area contributed by atoms with E-state index in [1.165, 1.54) is 22.5 Å². The molecule has 1 heterocycles. The summed E-state index contributed by atoms with van der Waals surface area (Å²) in [4.78, 5) is 26.9. The van der Waals surface area contributed by atoms with Crippen molar-refractivity contribution >= 4 is 23.2 Å². The van der Waals surface area contributed by atoms with Gasteiger partial charge in [-0.3, -0.25) is 9.59 Å². The van der Waals surface area contributed by atoms with Crippen molar-refractivity contribution in [2.45, 2.75) is 39.3 Å². The van der Waals surface area contributed by atoms with Crippen molar-refractivity contribution in [2.24, 2.45) is 5.73 Å². The Bertz CT molecular complexity index is 762. The summed E-state index contributed by atoms with van der Waals surface area (Å²) in [5, 5.41) is 0. The molecule has 23 heavy (non-hydrogen) atoms. The lowest BCUT2D eigenvalue weighted by Gasteiger charge is -2.22. The van der Waals surface area contributed by atoms with Crippen molar-refractivity contribution in [1.82, 2.24) is 4.90 Å². The Hall–Kier alpha value is -2.14. The second-order valence-corrected chi connectivity index (χ2v) is 7.19. The Morgan fingerprint density at radius 3 is 2.39 bits per heavy atom. The van der Waals surface area contributed by atoms with Gasteiger partial charge in [-0.2, -0.15) is 0 Å². The van der Waals surface area contributed by atoms with Crippen LogP contribution < -0.4 is 5.73 Å². The highest BCUT2D eigenvalue weighted by Crippen LogP contribution is 2.31. The fourth-order valence-corrected chi connectivity index (χ4v) is 3.39. The first kappa shape index (κ1) is 15.7. The smallest absolute Gasteiger partial charge is 0.264 e. The number of carbonyl (C=O) groups excluding carboxylic acids is 2. The van der Waals surface area contributed by atoms with Crippen LogP contribution in [-0.2, 0) is 6.54 Å². The summed E-state index contributed by atoms with van der Waals surface area (Å²) in [6.45, 7) is 4.77. The van der Waals surface area contributed by atoms with Crippen LogP contribution in [0.15, 0.2) is 30.3 Å². The van der Waals surface area contributed by atoms with Crippen LogP contribution in [0.5, 0.6) is 0 Å². The molecule has 4 nitrogen and oxygen atoms in total. The van der Waals surface area contributed by atoms with Gasteiger partial charge in [-0.15, -0.1) is 11.3 Å². The summed E-state index contributed by atoms with van der Waals surface area (Å²) in [7, 11) is 0. The molecule has 1 aliphatic carbocycles. The zero-order chi connectivity index (χ0) is 16.6. The molecule has 1 aromatic heterocycles. The number of aryl methyl sites for hydroxylation is 2. The predicted octanol–water partition coefficient (Wildman–Crippen LogP) is 3.27. The van der Waals surface area contributed by atoms with Gasteiger partial charge in [0.1, 0.15) is 0 Å². The zero-order valence-electron chi connectivity index (χ0n) is 13.3. The first-order chi connectivity index (χ1) is 11.0. The summed E-state index contributed by atoms with van der Waals surface area (Å²) in [5.74, 6) is -0.496. The maximum atomic E-state index is 12.8. The summed E-state index contributed by atoms with van der Waals surface area (Å²) in [6, 6.07) is 9.94. The van der Waals surface area contributed by atoms with Crippen LogP contribution >= 0.6 is 11.3 Å². The van der Waals surface area contributed by atoms with Crippen molar-refractivity contribution in [2.75, 3.05) is 0 Å². The van der Waals surface area contributed by atoms with Crippen LogP contribution in [0.4, 0.5) is 0 Å². The van der Waals surface area contributed by atoms with Crippen LogP contribution in [0.25, 0.3) is 0 Å². The topological polar surface area (TPSA) is 63.4 Å². The van der Waals surface area contributed by atoms with Crippen molar-refractivity contribution in [3.63, 3.8) is 0 Å². The van der Waals surface area contributed by atoms with Gasteiger partial charge in [-0.25, -0.2) is 0 Å². The number of nitrogens with zero attached hydrogens (tertiary/aromatic N) is 1. The Morgan fingerprint density at radius 2 is 1.83 bits per heavy atom. The minimum absolute atomic E-state index is 0.0109. The number of hydrogen-bond donors (Lipinski definition) is 1. The van der Waals surface area contributed by atoms with Gasteiger partial charge in [0.15, 0.2) is 0 Å². The van der Waals surface area contributed by atoms with Gasteiger partial charge in [0.25, 0.3) is 11.8 Å². The molecule has 1 saturated carbocycles. The van der Waals surface area contributed by atoms with Crippen molar-refractivity contribution in [3.05, 3.63) is 56.8 Å². The molecular weight excluding hydrogens is 308 g/mol. The highest BCUT2D eigenvalue weighted by molar-refractivity contribution is 7.15. The molecule has 0 unspecified atom stereocenters. The van der Waals surface area contributed by atoms with E-state index >= 15 is 0 Å². The number of carbonyl (C=O) groups is 2. The van der Waals surface area contributed by atoms with Crippen molar-refractivity contribution in [1.29, 1.82) is 0 Å². The summed E-state index contributed by atoms with van der Waals surface area (Å²) < 4.78 is 0. The quantitative estimate of drug-likeness (QED) is 0.915. The fourth-order valence-electron chi connectivity index (χ4n) is 2.58. The van der Waals surface area contributed by atoms with E-state index < -0.39 is 5.91 Å². The number of benzene rings is 1. The van der Waals surface area contributed by atoms with Crippen molar-refractivity contribution in [3.8, 4) is 0 Å². The maximum Gasteiger partial charge on any atom is 0.264 e. The van der Waals surface area contributed by atoms with Gasteiger partial charge in [-0.1, -0.05) is 18.2 Å². The van der Waals surface area contributed by atoms with Gasteiger partial charge in [0.05, 0.1) is 9.75 Å². The Kier molecular flexibility index (Phi) is 4.22. The SMILES string of the molecule is Cc1ccc(CN(C(=O)c2ccc(C(N)=O)s2)C2CC2)cc1C. The van der Waals surface area contributed by atoms with Crippen LogP contribution in [0, 0.1) is 13.8 Å². The highest BCUT2D eigenvalue weighted by atomic mass is 32.1. The molecule has 0 radical (unpaired) electrons. The zero-order valence-corrected chi connectivity index (χ0v) is 14.2. The summed E-state index contributed by atoms with van der Waals surface area (Å²) in [6.07, 6.45) is 2.09. The fraction of sp³-hybridized carbons (Fsp3) is 0.333. The lowest BCUT2D eigenvalue weighted by atomic mass is 10.1. The average Bonchev–Trinajstić information content (AvgIpc) is 3.22. The van der Waals surface area contributed by atoms with Crippen molar-refractivity contribution < 1.29 is 9.59 Å². The lowest BCUT2D eigenvalue weighted by molar-refractivity contribution is 0.0734. The second-order valence-electron chi connectivity index (χ2n) is 6.11. The van der Waals surface area contributed by atoms with Crippen LogP contribution in [0.2, 0.25) is 0 Å². The Balaban J connectivity index is 1.81. The third-order valence-corrected chi connectivity index (χ3v) is 5.32. The van der Waals surface area contributed by atoms with E-state index in [0.29, 0.717) is 22.3 Å². The maximum absolute atomic E-state index is 12.8. The summed E-state index contributed by atoms with van der Waals surface area (Å²) in [5.41, 5.74) is 8.90. The molecule has 2 N–H and O–H groups in total. The number of amides is 2. The Labute approximate surface area is 139 Å². The van der Waals surface area contributed by atoms with E-state index in [0.717, 1.165) is 18.4 Å². The number of rotatable bonds is 5. The molecule has 5 heteroatoms. The molecule has 0 atom stereocenters. The second kappa shape index (κ2) is 6.16. The molecule has 1 aliphatic rings. The van der Waals surface area contributed by atoms with Crippen LogP contribution in [0.3, 0.4) is 0 Å². The minimum atomic E-state index is -0.485.